The average Bonchev–Trinajstić information content (AvgIpc) is 3.51. The van der Waals surface area contributed by atoms with E-state index < -0.39 is 0 Å². The second-order valence-corrected chi connectivity index (χ2v) is 7.43. The van der Waals surface area contributed by atoms with Gasteiger partial charge in [-0.15, -0.1) is 0 Å². The summed E-state index contributed by atoms with van der Waals surface area (Å²) < 4.78 is 21.7. The molecule has 2 heterocycles. The largest absolute Gasteiger partial charge is 0.477 e. The first-order valence-electron chi connectivity index (χ1n) is 9.67. The minimum atomic E-state index is -0.356. The van der Waals surface area contributed by atoms with Gasteiger partial charge >= 0.3 is 11.6 Å². The molecule has 1 aliphatic carbocycles. The number of rotatable bonds is 7. The van der Waals surface area contributed by atoms with Crippen molar-refractivity contribution in [3.8, 4) is 5.75 Å². The van der Waals surface area contributed by atoms with E-state index in [9.17, 15) is 9.59 Å². The van der Waals surface area contributed by atoms with Gasteiger partial charge in [-0.25, -0.2) is 4.79 Å². The summed E-state index contributed by atoms with van der Waals surface area (Å²) in [4.78, 5) is 26.2. The van der Waals surface area contributed by atoms with Crippen LogP contribution in [0, 0.1) is 6.92 Å². The molecule has 1 fully saturated rings. The number of carbonyl (C=O) groups excluding carboxylic acids is 1. The molecule has 0 atom stereocenters. The van der Waals surface area contributed by atoms with Crippen molar-refractivity contribution in [3.63, 3.8) is 0 Å². The van der Waals surface area contributed by atoms with Crippen molar-refractivity contribution in [2.75, 3.05) is 27.1 Å². The first-order valence-corrected chi connectivity index (χ1v) is 9.67. The lowest BCUT2D eigenvalue weighted by atomic mass is 9.97. The van der Waals surface area contributed by atoms with Gasteiger partial charge in [0, 0.05) is 37.6 Å². The Bertz CT molecular complexity index is 946. The highest BCUT2D eigenvalue weighted by Crippen LogP contribution is 2.40. The molecule has 28 heavy (non-hydrogen) atoms. The molecule has 0 spiro atoms. The third-order valence-electron chi connectivity index (χ3n) is 5.31. The summed E-state index contributed by atoms with van der Waals surface area (Å²) in [5.41, 5.74) is 2.95. The predicted octanol–water partition coefficient (Wildman–Crippen LogP) is 2.54. The molecular weight excluding hydrogens is 362 g/mol. The van der Waals surface area contributed by atoms with Gasteiger partial charge < -0.3 is 18.6 Å². The maximum absolute atomic E-state index is 12.0. The Morgan fingerprint density at radius 3 is 2.86 bits per heavy atom. The van der Waals surface area contributed by atoms with E-state index in [1.54, 1.807) is 7.11 Å². The molecule has 1 saturated carbocycles. The fourth-order valence-electron chi connectivity index (χ4n) is 3.69. The quantitative estimate of drug-likeness (QED) is 0.410. The molecular formula is C21H25NO6. The normalized spacial score (nSPS) is 16.6. The number of hydrogen-bond acceptors (Lipinski definition) is 7. The topological polar surface area (TPSA) is 78.2 Å². The number of methoxy groups -OCH3 is 1. The van der Waals surface area contributed by atoms with Crippen LogP contribution >= 0.6 is 0 Å². The molecule has 150 valence electrons. The Balaban J connectivity index is 1.65. The SMILES string of the molecule is COCCOC(=O)CCc1cc2c(C)cc(=O)oc2c2c1OCN(C1CC1)C2. The summed E-state index contributed by atoms with van der Waals surface area (Å²) in [6, 6.07) is 4.01. The summed E-state index contributed by atoms with van der Waals surface area (Å²) in [6.45, 7) is 3.74. The fourth-order valence-corrected chi connectivity index (χ4v) is 3.69. The van der Waals surface area contributed by atoms with Gasteiger partial charge in [-0.1, -0.05) is 0 Å². The molecule has 0 unspecified atom stereocenters. The van der Waals surface area contributed by atoms with Gasteiger partial charge in [0.15, 0.2) is 0 Å². The Kier molecular flexibility index (Phi) is 5.37. The van der Waals surface area contributed by atoms with E-state index in [0.717, 1.165) is 27.8 Å². The van der Waals surface area contributed by atoms with Gasteiger partial charge in [0.05, 0.1) is 12.2 Å². The minimum Gasteiger partial charge on any atom is -0.477 e. The Morgan fingerprint density at radius 2 is 2.11 bits per heavy atom. The van der Waals surface area contributed by atoms with Crippen LogP contribution in [0.25, 0.3) is 11.0 Å². The Morgan fingerprint density at radius 1 is 1.29 bits per heavy atom. The van der Waals surface area contributed by atoms with Crippen molar-refractivity contribution in [1.29, 1.82) is 0 Å². The lowest BCUT2D eigenvalue weighted by molar-refractivity contribution is -0.144. The van der Waals surface area contributed by atoms with Crippen LogP contribution in [0.2, 0.25) is 0 Å². The average molecular weight is 387 g/mol. The van der Waals surface area contributed by atoms with E-state index in [0.29, 0.717) is 37.9 Å². The van der Waals surface area contributed by atoms with Crippen molar-refractivity contribution in [2.45, 2.75) is 45.2 Å². The minimum absolute atomic E-state index is 0.252. The highest BCUT2D eigenvalue weighted by molar-refractivity contribution is 5.86. The lowest BCUT2D eigenvalue weighted by Gasteiger charge is -2.31. The van der Waals surface area contributed by atoms with Gasteiger partial charge in [-0.2, -0.15) is 0 Å². The van der Waals surface area contributed by atoms with Crippen molar-refractivity contribution in [1.82, 2.24) is 4.90 Å². The predicted molar refractivity (Wildman–Crippen MR) is 102 cm³/mol. The van der Waals surface area contributed by atoms with Crippen LogP contribution in [0.1, 0.15) is 36.0 Å². The van der Waals surface area contributed by atoms with Crippen LogP contribution in [0.4, 0.5) is 0 Å². The third kappa shape index (κ3) is 3.91. The Labute approximate surface area is 163 Å². The summed E-state index contributed by atoms with van der Waals surface area (Å²) >= 11 is 0. The van der Waals surface area contributed by atoms with Crippen LogP contribution in [0.3, 0.4) is 0 Å². The maximum Gasteiger partial charge on any atom is 0.336 e. The van der Waals surface area contributed by atoms with Crippen LogP contribution in [0.5, 0.6) is 5.75 Å². The molecule has 0 amide bonds. The van der Waals surface area contributed by atoms with E-state index in [-0.39, 0.29) is 24.6 Å². The van der Waals surface area contributed by atoms with Gasteiger partial charge in [0.2, 0.25) is 0 Å². The molecule has 0 N–H and O–H groups in total. The second kappa shape index (κ2) is 7.93. The molecule has 4 rings (SSSR count). The standard InChI is InChI=1S/C21H25NO6/c1-13-9-19(24)28-21-16(13)10-14(3-6-18(23)26-8-7-25-2)20-17(21)11-22(12-27-20)15-4-5-15/h9-10,15H,3-8,11-12H2,1-2H3. The first-order chi connectivity index (χ1) is 13.6. The zero-order valence-electron chi connectivity index (χ0n) is 16.3. The van der Waals surface area contributed by atoms with Crippen molar-refractivity contribution in [3.05, 3.63) is 39.2 Å². The van der Waals surface area contributed by atoms with Crippen molar-refractivity contribution < 1.29 is 23.4 Å². The number of nitrogens with zero attached hydrogens (tertiary/aromatic N) is 1. The van der Waals surface area contributed by atoms with E-state index >= 15 is 0 Å². The number of benzene rings is 1. The van der Waals surface area contributed by atoms with Crippen LogP contribution < -0.4 is 10.4 Å². The van der Waals surface area contributed by atoms with Crippen LogP contribution in [-0.4, -0.2) is 44.0 Å². The van der Waals surface area contributed by atoms with Gasteiger partial charge in [-0.05, 0) is 43.4 Å². The number of esters is 1. The second-order valence-electron chi connectivity index (χ2n) is 7.43. The molecule has 0 radical (unpaired) electrons. The monoisotopic (exact) mass is 387 g/mol. The third-order valence-corrected chi connectivity index (χ3v) is 5.31. The van der Waals surface area contributed by atoms with E-state index in [1.165, 1.54) is 18.9 Å². The molecule has 1 aromatic carbocycles. The molecule has 0 bridgehead atoms. The van der Waals surface area contributed by atoms with Crippen molar-refractivity contribution in [2.24, 2.45) is 0 Å². The Hall–Kier alpha value is -2.38. The molecule has 1 aromatic heterocycles. The lowest BCUT2D eigenvalue weighted by Crippen LogP contribution is -2.34. The van der Waals surface area contributed by atoms with Gasteiger partial charge in [0.1, 0.15) is 24.7 Å². The van der Waals surface area contributed by atoms with Crippen LogP contribution in [-0.2, 0) is 27.2 Å². The van der Waals surface area contributed by atoms with E-state index in [4.69, 9.17) is 18.6 Å². The zero-order chi connectivity index (χ0) is 19.7. The fraction of sp³-hybridized carbons (Fsp3) is 0.524. The summed E-state index contributed by atoms with van der Waals surface area (Å²) in [5.74, 6) is 0.473. The molecule has 1 aliphatic heterocycles. The molecule has 2 aromatic rings. The van der Waals surface area contributed by atoms with Gasteiger partial charge in [-0.3, -0.25) is 9.69 Å². The number of hydrogen-bond donors (Lipinski definition) is 0. The van der Waals surface area contributed by atoms with Gasteiger partial charge in [0.25, 0.3) is 0 Å². The molecule has 7 heteroatoms. The van der Waals surface area contributed by atoms with E-state index in [1.807, 2.05) is 13.0 Å². The highest BCUT2D eigenvalue weighted by atomic mass is 16.6. The number of fused-ring (bicyclic) bond motifs is 3. The summed E-state index contributed by atoms with van der Waals surface area (Å²) in [6.07, 6.45) is 3.11. The highest BCUT2D eigenvalue weighted by Gasteiger charge is 2.34. The molecule has 0 saturated heterocycles. The summed E-state index contributed by atoms with van der Waals surface area (Å²) in [5, 5.41) is 0.891. The van der Waals surface area contributed by atoms with Crippen molar-refractivity contribution >= 4 is 16.9 Å². The first kappa shape index (κ1) is 19.0. The molecule has 2 aliphatic rings. The van der Waals surface area contributed by atoms with Crippen LogP contribution in [0.15, 0.2) is 21.3 Å². The number of aryl methyl sites for hydroxylation is 2. The number of carbonyl (C=O) groups is 1. The van der Waals surface area contributed by atoms with E-state index in [2.05, 4.69) is 4.90 Å². The summed E-state index contributed by atoms with van der Waals surface area (Å²) in [7, 11) is 1.57. The zero-order valence-corrected chi connectivity index (χ0v) is 16.3. The number of ether oxygens (including phenoxy) is 3. The molecule has 7 nitrogen and oxygen atoms in total. The maximum atomic E-state index is 12.0. The smallest absolute Gasteiger partial charge is 0.336 e.